The molecule has 0 radical (unpaired) electrons. The van der Waals surface area contributed by atoms with Crippen LogP contribution in [0, 0.1) is 0 Å². The van der Waals surface area contributed by atoms with Crippen molar-refractivity contribution in [3.63, 3.8) is 0 Å². The van der Waals surface area contributed by atoms with Crippen molar-refractivity contribution < 1.29 is 44.3 Å². The summed E-state index contributed by atoms with van der Waals surface area (Å²) < 4.78 is 114. The second-order valence-electron chi connectivity index (χ2n) is 4.27. The minimum atomic E-state index is -7.18. The predicted octanol–water partition coefficient (Wildman–Crippen LogP) is 5.40. The number of hydrogen-bond acceptors (Lipinski definition) is 1. The smallest absolute Gasteiger partial charge is 0.318 e. The van der Waals surface area contributed by atoms with Crippen LogP contribution in [0.4, 0.5) is 45.2 Å². The third kappa shape index (κ3) is 3.23. The van der Waals surface area contributed by atoms with Gasteiger partial charge in [-0.15, -0.1) is 0 Å². The van der Waals surface area contributed by atoms with Gasteiger partial charge >= 0.3 is 29.9 Å². The molecule has 0 aliphatic carbocycles. The minimum Gasteiger partial charge on any atom is -0.318 e. The molecule has 1 N–H and O–H groups in total. The quantitative estimate of drug-likeness (QED) is 0.665. The number of alkyl halides is 9. The Hall–Kier alpha value is -1.36. The van der Waals surface area contributed by atoms with Crippen LogP contribution in [0.15, 0.2) is 18.2 Å². The average Bonchev–Trinajstić information content (AvgIpc) is 2.41. The van der Waals surface area contributed by atoms with Gasteiger partial charge in [-0.25, -0.2) is 0 Å². The molecule has 0 aromatic heterocycles. The van der Waals surface area contributed by atoms with Gasteiger partial charge in [0.15, 0.2) is 0 Å². The summed E-state index contributed by atoms with van der Waals surface area (Å²) in [5.41, 5.74) is -0.864. The lowest BCUT2D eigenvalue weighted by atomic mass is 10.0. The van der Waals surface area contributed by atoms with Crippen molar-refractivity contribution in [2.45, 2.75) is 23.9 Å². The molecule has 0 aliphatic rings. The highest BCUT2D eigenvalue weighted by Gasteiger charge is 2.83. The van der Waals surface area contributed by atoms with E-state index in [1.807, 2.05) is 0 Å². The Balaban J connectivity index is 3.26. The third-order valence-corrected chi connectivity index (χ3v) is 3.26. The Bertz CT molecular complexity index is 625. The van der Waals surface area contributed by atoms with Crippen LogP contribution in [0.1, 0.15) is 0 Å². The molecule has 136 valence electrons. The van der Waals surface area contributed by atoms with Crippen molar-refractivity contribution in [3.8, 4) is 0 Å². The van der Waals surface area contributed by atoms with Gasteiger partial charge in [-0.3, -0.25) is 4.79 Å². The number of rotatable bonds is 4. The predicted molar refractivity (Wildman–Crippen MR) is 66.0 cm³/mol. The van der Waals surface area contributed by atoms with Gasteiger partial charge in [-0.05, 0) is 12.1 Å². The lowest BCUT2D eigenvalue weighted by Crippen LogP contribution is -2.64. The highest BCUT2D eigenvalue weighted by molar-refractivity contribution is 6.39. The lowest BCUT2D eigenvalue weighted by Gasteiger charge is -2.32. The van der Waals surface area contributed by atoms with Gasteiger partial charge < -0.3 is 5.32 Å². The lowest BCUT2D eigenvalue weighted by molar-refractivity contribution is -0.388. The summed E-state index contributed by atoms with van der Waals surface area (Å²) in [6, 6.07) is 3.08. The molecule has 0 unspecified atom stereocenters. The molecule has 24 heavy (non-hydrogen) atoms. The van der Waals surface area contributed by atoms with Crippen molar-refractivity contribution in [2.75, 3.05) is 5.32 Å². The molecule has 1 aromatic rings. The van der Waals surface area contributed by atoms with Crippen molar-refractivity contribution in [1.82, 2.24) is 0 Å². The van der Waals surface area contributed by atoms with Crippen molar-refractivity contribution in [3.05, 3.63) is 28.2 Å². The summed E-state index contributed by atoms with van der Waals surface area (Å²) in [4.78, 5) is 11.2. The zero-order chi connectivity index (χ0) is 19.1. The summed E-state index contributed by atoms with van der Waals surface area (Å²) in [7, 11) is 0. The molecule has 13 heteroatoms. The average molecular weight is 408 g/mol. The number of carbonyl (C=O) groups is 1. The van der Waals surface area contributed by atoms with Crippen LogP contribution in [-0.4, -0.2) is 29.9 Å². The summed E-state index contributed by atoms with van der Waals surface area (Å²) in [6.45, 7) is 0. The Kier molecular flexibility index (Phi) is 5.32. The van der Waals surface area contributed by atoms with Crippen LogP contribution in [0.2, 0.25) is 10.0 Å². The van der Waals surface area contributed by atoms with Crippen molar-refractivity contribution >= 4 is 34.8 Å². The minimum absolute atomic E-state index is 0.544. The van der Waals surface area contributed by atoms with E-state index >= 15 is 0 Å². The number of carbonyl (C=O) groups excluding carboxylic acids is 1. The third-order valence-electron chi connectivity index (χ3n) is 2.63. The normalized spacial score (nSPS) is 13.8. The first-order chi connectivity index (χ1) is 10.6. The van der Waals surface area contributed by atoms with Crippen LogP contribution in [0.25, 0.3) is 0 Å². The monoisotopic (exact) mass is 407 g/mol. The zero-order valence-corrected chi connectivity index (χ0v) is 12.3. The summed E-state index contributed by atoms with van der Waals surface area (Å²) in [5.74, 6) is -23.8. The SMILES string of the molecule is O=C(Nc1c(Cl)cccc1Cl)C(F)(F)C(F)(F)C(F)(F)C(F)(F)F. The topological polar surface area (TPSA) is 29.1 Å². The molecule has 1 amide bonds. The van der Waals surface area contributed by atoms with Crippen LogP contribution in [0.5, 0.6) is 0 Å². The molecule has 0 saturated heterocycles. The van der Waals surface area contributed by atoms with Crippen LogP contribution in [-0.2, 0) is 4.79 Å². The van der Waals surface area contributed by atoms with Crippen LogP contribution in [0.3, 0.4) is 0 Å². The van der Waals surface area contributed by atoms with Gasteiger partial charge in [0.1, 0.15) is 0 Å². The van der Waals surface area contributed by atoms with Gasteiger partial charge in [0.2, 0.25) is 0 Å². The maximum Gasteiger partial charge on any atom is 0.460 e. The van der Waals surface area contributed by atoms with Crippen molar-refractivity contribution in [2.24, 2.45) is 0 Å². The zero-order valence-electron chi connectivity index (χ0n) is 10.8. The van der Waals surface area contributed by atoms with E-state index in [2.05, 4.69) is 0 Å². The standard InChI is InChI=1S/C11H4Cl2F9NO/c12-4-2-1-3-5(13)6(4)23-7(24)8(14,15)9(16,17)10(18,19)11(20,21)22/h1-3H,(H,23,24). The molecular formula is C11H4Cl2F9NO. The molecule has 0 aliphatic heterocycles. The maximum absolute atomic E-state index is 13.3. The van der Waals surface area contributed by atoms with E-state index in [-0.39, 0.29) is 0 Å². The maximum atomic E-state index is 13.3. The number of para-hydroxylation sites is 1. The number of halogens is 11. The van der Waals surface area contributed by atoms with Gasteiger partial charge in [-0.2, -0.15) is 39.5 Å². The molecular weight excluding hydrogens is 404 g/mol. The Morgan fingerprint density at radius 3 is 1.62 bits per heavy atom. The van der Waals surface area contributed by atoms with E-state index in [9.17, 15) is 44.3 Å². The molecule has 0 heterocycles. The summed E-state index contributed by atoms with van der Waals surface area (Å²) in [5, 5.41) is -0.0730. The fourth-order valence-corrected chi connectivity index (χ4v) is 1.82. The fraction of sp³-hybridized carbons (Fsp3) is 0.364. The van der Waals surface area contributed by atoms with Crippen LogP contribution < -0.4 is 5.32 Å². The van der Waals surface area contributed by atoms with E-state index in [0.29, 0.717) is 0 Å². The molecule has 0 spiro atoms. The Morgan fingerprint density at radius 2 is 1.25 bits per heavy atom. The first kappa shape index (κ1) is 20.7. The largest absolute Gasteiger partial charge is 0.460 e. The van der Waals surface area contributed by atoms with E-state index in [1.54, 1.807) is 0 Å². The van der Waals surface area contributed by atoms with Gasteiger partial charge in [-0.1, -0.05) is 29.3 Å². The van der Waals surface area contributed by atoms with E-state index in [0.717, 1.165) is 23.5 Å². The highest BCUT2D eigenvalue weighted by atomic mass is 35.5. The summed E-state index contributed by atoms with van der Waals surface area (Å²) in [6.07, 6.45) is -7.03. The van der Waals surface area contributed by atoms with E-state index < -0.39 is 45.6 Å². The molecule has 0 saturated carbocycles. The van der Waals surface area contributed by atoms with E-state index in [1.165, 1.54) is 0 Å². The molecule has 0 fully saturated rings. The first-order valence-corrected chi connectivity index (χ1v) is 6.28. The number of anilines is 1. The molecule has 2 nitrogen and oxygen atoms in total. The van der Waals surface area contributed by atoms with Crippen molar-refractivity contribution in [1.29, 1.82) is 0 Å². The molecule has 1 aromatic carbocycles. The van der Waals surface area contributed by atoms with Crippen LogP contribution >= 0.6 is 23.2 Å². The first-order valence-electron chi connectivity index (χ1n) is 5.53. The second kappa shape index (κ2) is 6.17. The molecule has 1 rings (SSSR count). The van der Waals surface area contributed by atoms with Gasteiger partial charge in [0, 0.05) is 0 Å². The van der Waals surface area contributed by atoms with Gasteiger partial charge in [0.25, 0.3) is 0 Å². The number of nitrogens with one attached hydrogen (secondary N) is 1. The fourth-order valence-electron chi connectivity index (χ4n) is 1.33. The van der Waals surface area contributed by atoms with Gasteiger partial charge in [0.05, 0.1) is 15.7 Å². The Morgan fingerprint density at radius 1 is 0.833 bits per heavy atom. The highest BCUT2D eigenvalue weighted by Crippen LogP contribution is 2.53. The molecule has 0 atom stereocenters. The number of amides is 1. The molecule has 0 bridgehead atoms. The summed E-state index contributed by atoms with van der Waals surface area (Å²) >= 11 is 10.9. The van der Waals surface area contributed by atoms with E-state index in [4.69, 9.17) is 23.2 Å². The number of hydrogen-bond donors (Lipinski definition) is 1. The number of benzene rings is 1. The second-order valence-corrected chi connectivity index (χ2v) is 5.09. The Labute approximate surface area is 137 Å².